The Morgan fingerprint density at radius 2 is 1.44 bits per heavy atom. The van der Waals surface area contributed by atoms with Gasteiger partial charge in [0.25, 0.3) is 0 Å². The Morgan fingerprint density at radius 1 is 0.655 bits per heavy atom. The molecule has 5 aromatic carbocycles. The molecule has 0 saturated heterocycles. The van der Waals surface area contributed by atoms with Gasteiger partial charge < -0.3 is 14.4 Å². The van der Waals surface area contributed by atoms with Crippen LogP contribution in [0.15, 0.2) is 120 Å². The van der Waals surface area contributed by atoms with E-state index in [1.54, 1.807) is 55.6 Å². The van der Waals surface area contributed by atoms with Gasteiger partial charge >= 0.3 is 0 Å². The fourth-order valence-electron chi connectivity index (χ4n) is 6.30. The van der Waals surface area contributed by atoms with Crippen LogP contribution >= 0.6 is 0 Å². The van der Waals surface area contributed by atoms with E-state index in [0.717, 1.165) is 17.8 Å². The van der Waals surface area contributed by atoms with E-state index in [1.165, 1.54) is 24.3 Å². The zero-order valence-electron chi connectivity index (χ0n) is 47.6. The third kappa shape index (κ3) is 8.73. The number of hydrogen-bond acceptors (Lipinski definition) is 3. The molecule has 0 spiro atoms. The zero-order valence-corrected chi connectivity index (χ0v) is 33.0. The molecule has 8 rings (SSSR count). The largest absolute Gasteiger partial charge is 0.500 e. The topological polar surface area (TPSA) is 38.9 Å². The summed E-state index contributed by atoms with van der Waals surface area (Å²) < 4.78 is 143. The zero-order chi connectivity index (χ0) is 52.4. The third-order valence-corrected chi connectivity index (χ3v) is 8.75. The number of aryl methyl sites for hydroxylation is 6. The van der Waals surface area contributed by atoms with Crippen molar-refractivity contribution in [1.29, 1.82) is 0 Å². The molecule has 0 amide bonds. The van der Waals surface area contributed by atoms with Crippen LogP contribution in [0.5, 0.6) is 0 Å². The molecule has 4 heteroatoms. The van der Waals surface area contributed by atoms with Gasteiger partial charge in [-0.25, -0.2) is 0 Å². The Kier molecular flexibility index (Phi) is 6.83. The summed E-state index contributed by atoms with van der Waals surface area (Å²) in [7, 11) is 0. The monoisotopic (exact) mass is 914 g/mol. The molecule has 0 saturated carbocycles. The van der Waals surface area contributed by atoms with E-state index in [9.17, 15) is 0 Å². The van der Waals surface area contributed by atoms with Gasteiger partial charge in [0, 0.05) is 61.2 Å². The summed E-state index contributed by atoms with van der Waals surface area (Å²) in [6.45, 7) is -5.35. The van der Waals surface area contributed by atoms with Crippen molar-refractivity contribution >= 4 is 21.9 Å². The van der Waals surface area contributed by atoms with Gasteiger partial charge in [0.1, 0.15) is 5.58 Å². The Hall–Kier alpha value is -5.15. The smallest absolute Gasteiger partial charge is 0.123 e. The van der Waals surface area contributed by atoms with Gasteiger partial charge in [-0.1, -0.05) is 128 Å². The number of aromatic nitrogens is 2. The molecule has 0 bridgehead atoms. The van der Waals surface area contributed by atoms with Gasteiger partial charge in [0.15, 0.2) is 0 Å². The fraction of sp³-hybridized carbons (Fsp3) is 0.216. The van der Waals surface area contributed by atoms with Crippen LogP contribution in [0.4, 0.5) is 0 Å². The molecule has 0 aliphatic carbocycles. The Balaban J connectivity index is 0.000000248. The van der Waals surface area contributed by atoms with Gasteiger partial charge in [-0.3, -0.25) is 0 Å². The van der Waals surface area contributed by atoms with E-state index < -0.39 is 46.0 Å². The number of benzene rings is 5. The first-order valence-electron chi connectivity index (χ1n) is 25.8. The quantitative estimate of drug-likeness (QED) is 0.162. The predicted molar refractivity (Wildman–Crippen MR) is 227 cm³/mol. The van der Waals surface area contributed by atoms with Gasteiger partial charge in [-0.15, -0.1) is 47.5 Å². The molecule has 0 fully saturated rings. The van der Waals surface area contributed by atoms with Crippen molar-refractivity contribution in [2.24, 2.45) is 5.41 Å². The van der Waals surface area contributed by atoms with E-state index >= 15 is 0 Å². The van der Waals surface area contributed by atoms with Crippen LogP contribution in [0.2, 0.25) is 0 Å². The second-order valence-electron chi connectivity index (χ2n) is 14.1. The molecule has 0 unspecified atom stereocenters. The molecule has 55 heavy (non-hydrogen) atoms. The van der Waals surface area contributed by atoms with Crippen molar-refractivity contribution in [2.75, 3.05) is 0 Å². The van der Waals surface area contributed by atoms with Crippen LogP contribution in [0.3, 0.4) is 0 Å². The van der Waals surface area contributed by atoms with Crippen LogP contribution in [0.1, 0.15) is 83.0 Å². The number of hydrogen-bond donors (Lipinski definition) is 0. The maximum Gasteiger partial charge on any atom is 0.123 e. The van der Waals surface area contributed by atoms with Crippen LogP contribution in [0, 0.1) is 58.7 Å². The average molecular weight is 914 g/mol. The first-order valence-corrected chi connectivity index (χ1v) is 17.3. The minimum atomic E-state index is -2.68. The normalized spacial score (nSPS) is 17.3. The number of fused-ring (bicyclic) bond motifs is 3. The standard InChI is InChI=1S/C28H24NO.C23H24N.Ir/c1-16-9-10-21(18(3)11-16)24-14-26(29-15-20(24)5)23-8-6-7-22-25-13-17(2)12-19(4)27(25)30-28(22)23;1-17-10-12-20(14-21(17)19-8-6-5-7-9-19)22-13-11-18(16-24-22)15-23(2,3)4;/h6-7,9-15H,1-5H3;5-11,13-14,16H,15H2,1-4H3;/q2*-1;/i2D3,3D3,4D3,5D3;1D3,15D2;. The number of rotatable bonds is 5. The summed E-state index contributed by atoms with van der Waals surface area (Å²) in [5, 5.41) is 0.694. The molecule has 0 atom stereocenters. The van der Waals surface area contributed by atoms with E-state index in [1.807, 2.05) is 51.1 Å². The van der Waals surface area contributed by atoms with Crippen LogP contribution in [-0.2, 0) is 26.5 Å². The van der Waals surface area contributed by atoms with Crippen molar-refractivity contribution in [1.82, 2.24) is 9.97 Å². The number of furan rings is 1. The second-order valence-corrected chi connectivity index (χ2v) is 14.1. The van der Waals surface area contributed by atoms with E-state index in [2.05, 4.69) is 22.1 Å². The van der Waals surface area contributed by atoms with Gasteiger partial charge in [-0.05, 0) is 103 Å². The van der Waals surface area contributed by atoms with Crippen LogP contribution in [0.25, 0.3) is 66.7 Å². The molecule has 0 aliphatic heterocycles. The minimum absolute atomic E-state index is 0. The summed E-state index contributed by atoms with van der Waals surface area (Å²) in [6, 6.07) is 34.1. The molecule has 279 valence electrons. The predicted octanol–water partition coefficient (Wildman–Crippen LogP) is 13.8. The summed E-state index contributed by atoms with van der Waals surface area (Å²) in [5.41, 5.74) is 3.98. The van der Waals surface area contributed by atoms with Crippen molar-refractivity contribution in [3.63, 3.8) is 0 Å². The summed E-state index contributed by atoms with van der Waals surface area (Å²) in [6.07, 6.45) is 1.19. The fourth-order valence-corrected chi connectivity index (χ4v) is 6.30. The first-order chi connectivity index (χ1) is 32.7. The van der Waals surface area contributed by atoms with E-state index in [0.29, 0.717) is 33.3 Å². The molecular formula is C51H48IrN2O-2. The SMILES string of the molecule is [2H]C([2H])([2H])c1c[c-]c(-c2ccc(C([2H])([2H])C(C)(C)C)cn2)cc1-c1ccccc1.[2H]C([2H])([2H])c1cc(C([2H])([2H])[2H])c2oc3c(-c4cc(-c5ccc(C)cc5C([2H])([2H])[2H])c(C([2H])([2H])[2H])cn4)[c-]ccc3c2c1.[Ir]. The summed E-state index contributed by atoms with van der Waals surface area (Å²) in [5.74, 6) is 0. The van der Waals surface area contributed by atoms with E-state index in [4.69, 9.17) is 27.7 Å². The Bertz CT molecular complexity index is 3250. The van der Waals surface area contributed by atoms with Crippen LogP contribution < -0.4 is 0 Å². The maximum absolute atomic E-state index is 8.39. The Morgan fingerprint density at radius 3 is 2.16 bits per heavy atom. The van der Waals surface area contributed by atoms with Crippen LogP contribution in [-0.4, -0.2) is 9.97 Å². The molecule has 0 aliphatic rings. The second kappa shape index (κ2) is 16.3. The maximum atomic E-state index is 8.39. The molecule has 1 radical (unpaired) electrons. The molecule has 0 N–H and O–H groups in total. The summed E-state index contributed by atoms with van der Waals surface area (Å²) >= 11 is 0. The van der Waals surface area contributed by atoms with Crippen molar-refractivity contribution in [2.45, 2.75) is 68.3 Å². The van der Waals surface area contributed by atoms with Gasteiger partial charge in [0.05, 0.1) is 5.58 Å². The van der Waals surface area contributed by atoms with E-state index in [-0.39, 0.29) is 86.9 Å². The number of pyridine rings is 2. The van der Waals surface area contributed by atoms with Crippen molar-refractivity contribution < 1.29 is 47.8 Å². The van der Waals surface area contributed by atoms with Gasteiger partial charge in [-0.2, -0.15) is 0 Å². The first kappa shape index (κ1) is 23.0. The number of nitrogens with zero attached hydrogens (tertiary/aromatic N) is 2. The van der Waals surface area contributed by atoms with Gasteiger partial charge in [0.2, 0.25) is 0 Å². The average Bonchev–Trinajstić information content (AvgIpc) is 3.66. The molecule has 3 heterocycles. The Labute approximate surface area is 364 Å². The third-order valence-electron chi connectivity index (χ3n) is 8.75. The molecule has 3 aromatic heterocycles. The molecular weight excluding hydrogens is 849 g/mol. The molecule has 3 nitrogen and oxygen atoms in total. The van der Waals surface area contributed by atoms with Crippen molar-refractivity contribution in [3.8, 4) is 44.8 Å². The minimum Gasteiger partial charge on any atom is -0.500 e. The van der Waals surface area contributed by atoms with Crippen molar-refractivity contribution in [3.05, 3.63) is 167 Å². The molecule has 8 aromatic rings. The summed E-state index contributed by atoms with van der Waals surface area (Å²) in [4.78, 5) is 8.81.